The van der Waals surface area contributed by atoms with Gasteiger partial charge in [-0.3, -0.25) is 14.2 Å². The van der Waals surface area contributed by atoms with Crippen molar-refractivity contribution in [3.63, 3.8) is 0 Å². The highest BCUT2D eigenvalue weighted by molar-refractivity contribution is 7.17. The zero-order chi connectivity index (χ0) is 22.0. The number of thiophene rings is 1. The fraction of sp³-hybridized carbons (Fsp3) is 0.136. The molecule has 0 aliphatic rings. The Balaban J connectivity index is 1.53. The molecule has 31 heavy (non-hydrogen) atoms. The van der Waals surface area contributed by atoms with Crippen LogP contribution in [0.15, 0.2) is 63.5 Å². The van der Waals surface area contributed by atoms with E-state index in [0.29, 0.717) is 33.0 Å². The number of H-pyrrole nitrogens is 1. The molecule has 0 saturated heterocycles. The fourth-order valence-corrected chi connectivity index (χ4v) is 3.94. The third-order valence-electron chi connectivity index (χ3n) is 4.76. The number of amides is 1. The maximum atomic E-state index is 12.6. The molecule has 0 unspecified atom stereocenters. The predicted molar refractivity (Wildman–Crippen MR) is 120 cm³/mol. The van der Waals surface area contributed by atoms with Crippen LogP contribution in [0.5, 0.6) is 11.5 Å². The van der Waals surface area contributed by atoms with Crippen LogP contribution in [-0.4, -0.2) is 29.7 Å². The molecule has 0 radical (unpaired) electrons. The number of anilines is 1. The third kappa shape index (κ3) is 4.22. The molecule has 0 aliphatic carbocycles. The lowest BCUT2D eigenvalue weighted by atomic mass is 10.1. The zero-order valence-corrected chi connectivity index (χ0v) is 17.6. The third-order valence-corrected chi connectivity index (χ3v) is 5.66. The molecule has 2 aromatic carbocycles. The number of nitrogens with one attached hydrogen (secondary N) is 2. The van der Waals surface area contributed by atoms with Gasteiger partial charge >= 0.3 is 5.69 Å². The highest BCUT2D eigenvalue weighted by Gasteiger charge is 2.11. The van der Waals surface area contributed by atoms with Crippen LogP contribution in [0.25, 0.3) is 10.2 Å². The van der Waals surface area contributed by atoms with Crippen molar-refractivity contribution in [2.45, 2.75) is 6.54 Å². The fourth-order valence-electron chi connectivity index (χ4n) is 3.14. The number of benzene rings is 2. The van der Waals surface area contributed by atoms with Crippen LogP contribution in [0.2, 0.25) is 0 Å². The molecule has 0 fully saturated rings. The summed E-state index contributed by atoms with van der Waals surface area (Å²) in [5.41, 5.74) is 1.43. The minimum Gasteiger partial charge on any atom is -0.497 e. The van der Waals surface area contributed by atoms with Gasteiger partial charge in [-0.25, -0.2) is 4.79 Å². The average molecular weight is 437 g/mol. The predicted octanol–water partition coefficient (Wildman–Crippen LogP) is 3.07. The first-order valence-electron chi connectivity index (χ1n) is 9.32. The molecule has 4 aromatic rings. The molecule has 2 aromatic heterocycles. The summed E-state index contributed by atoms with van der Waals surface area (Å²) in [6, 6.07) is 13.5. The number of aromatic nitrogens is 2. The topological polar surface area (TPSA) is 102 Å². The molecule has 158 valence electrons. The molecule has 0 saturated carbocycles. The summed E-state index contributed by atoms with van der Waals surface area (Å²) in [6.45, 7) is 0.108. The van der Waals surface area contributed by atoms with E-state index in [4.69, 9.17) is 9.47 Å². The van der Waals surface area contributed by atoms with Crippen molar-refractivity contribution in [1.82, 2.24) is 9.55 Å². The minimum atomic E-state index is -0.468. The SMILES string of the molecule is COc1cc(NC(=O)c2ccc(Cn3c(=O)[nH]c4ccsc4c3=O)cc2)cc(OC)c1. The Morgan fingerprint density at radius 2 is 1.71 bits per heavy atom. The summed E-state index contributed by atoms with van der Waals surface area (Å²) in [5.74, 6) is 0.809. The summed E-state index contributed by atoms with van der Waals surface area (Å²) in [7, 11) is 3.07. The maximum Gasteiger partial charge on any atom is 0.329 e. The molecule has 4 rings (SSSR count). The second-order valence-electron chi connectivity index (χ2n) is 6.74. The summed E-state index contributed by atoms with van der Waals surface area (Å²) < 4.78 is 12.1. The number of aromatic amines is 1. The van der Waals surface area contributed by atoms with E-state index in [9.17, 15) is 14.4 Å². The van der Waals surface area contributed by atoms with Crippen LogP contribution in [0.4, 0.5) is 5.69 Å². The number of methoxy groups -OCH3 is 2. The van der Waals surface area contributed by atoms with E-state index in [-0.39, 0.29) is 18.0 Å². The van der Waals surface area contributed by atoms with Gasteiger partial charge in [-0.2, -0.15) is 0 Å². The van der Waals surface area contributed by atoms with Crippen molar-refractivity contribution in [2.75, 3.05) is 19.5 Å². The molecular formula is C22H19N3O5S. The van der Waals surface area contributed by atoms with Crippen LogP contribution in [0, 0.1) is 0 Å². The van der Waals surface area contributed by atoms with E-state index < -0.39 is 5.69 Å². The first kappa shape index (κ1) is 20.4. The Hall–Kier alpha value is -3.85. The van der Waals surface area contributed by atoms with Crippen molar-refractivity contribution in [3.8, 4) is 11.5 Å². The second-order valence-corrected chi connectivity index (χ2v) is 7.65. The standard InChI is InChI=1S/C22H19N3O5S/c1-29-16-9-15(10-17(11-16)30-2)23-20(26)14-5-3-13(4-6-14)12-25-21(27)19-18(7-8-31-19)24-22(25)28/h3-11H,12H2,1-2H3,(H,23,26)(H,24,28). The van der Waals surface area contributed by atoms with Gasteiger partial charge in [-0.05, 0) is 29.1 Å². The van der Waals surface area contributed by atoms with E-state index in [0.717, 1.165) is 10.1 Å². The smallest absolute Gasteiger partial charge is 0.329 e. The lowest BCUT2D eigenvalue weighted by molar-refractivity contribution is 0.102. The van der Waals surface area contributed by atoms with Crippen molar-refractivity contribution in [2.24, 2.45) is 0 Å². The monoisotopic (exact) mass is 437 g/mol. The van der Waals surface area contributed by atoms with Gasteiger partial charge in [-0.15, -0.1) is 11.3 Å². The molecular weight excluding hydrogens is 418 g/mol. The van der Waals surface area contributed by atoms with Crippen LogP contribution < -0.4 is 26.0 Å². The highest BCUT2D eigenvalue weighted by atomic mass is 32.1. The van der Waals surface area contributed by atoms with Crippen molar-refractivity contribution >= 4 is 33.1 Å². The van der Waals surface area contributed by atoms with Gasteiger partial charge in [0.15, 0.2) is 0 Å². The van der Waals surface area contributed by atoms with Gasteiger partial charge in [-0.1, -0.05) is 12.1 Å². The summed E-state index contributed by atoms with van der Waals surface area (Å²) in [4.78, 5) is 40.1. The van der Waals surface area contributed by atoms with Crippen LogP contribution >= 0.6 is 11.3 Å². The van der Waals surface area contributed by atoms with E-state index in [1.54, 1.807) is 53.9 Å². The van der Waals surface area contributed by atoms with Gasteiger partial charge in [0.2, 0.25) is 0 Å². The van der Waals surface area contributed by atoms with E-state index in [2.05, 4.69) is 10.3 Å². The van der Waals surface area contributed by atoms with Crippen LogP contribution in [0.3, 0.4) is 0 Å². The second kappa shape index (κ2) is 8.49. The van der Waals surface area contributed by atoms with Crippen molar-refractivity contribution < 1.29 is 14.3 Å². The summed E-state index contributed by atoms with van der Waals surface area (Å²) in [5, 5.41) is 4.57. The molecule has 0 aliphatic heterocycles. The number of hydrogen-bond donors (Lipinski definition) is 2. The van der Waals surface area contributed by atoms with Gasteiger partial charge in [0.25, 0.3) is 11.5 Å². The zero-order valence-electron chi connectivity index (χ0n) is 16.8. The first-order valence-corrected chi connectivity index (χ1v) is 10.2. The van der Waals surface area contributed by atoms with E-state index in [1.807, 2.05) is 0 Å². The summed E-state index contributed by atoms with van der Waals surface area (Å²) >= 11 is 1.29. The number of nitrogens with zero attached hydrogens (tertiary/aromatic N) is 1. The number of rotatable bonds is 6. The van der Waals surface area contributed by atoms with Gasteiger partial charge in [0.05, 0.1) is 26.3 Å². The Labute approximate surface area is 180 Å². The number of ether oxygens (including phenoxy) is 2. The number of fused-ring (bicyclic) bond motifs is 1. The largest absolute Gasteiger partial charge is 0.497 e. The Morgan fingerprint density at radius 1 is 1.03 bits per heavy atom. The highest BCUT2D eigenvalue weighted by Crippen LogP contribution is 2.26. The quantitative estimate of drug-likeness (QED) is 0.483. The normalized spacial score (nSPS) is 10.8. The van der Waals surface area contributed by atoms with E-state index in [1.165, 1.54) is 25.6 Å². The van der Waals surface area contributed by atoms with Gasteiger partial charge < -0.3 is 19.8 Å². The lowest BCUT2D eigenvalue weighted by Crippen LogP contribution is -2.34. The molecule has 2 N–H and O–H groups in total. The molecule has 0 spiro atoms. The molecule has 8 nitrogen and oxygen atoms in total. The van der Waals surface area contributed by atoms with Gasteiger partial charge in [0, 0.05) is 29.4 Å². The number of carbonyl (C=O) groups excluding carboxylic acids is 1. The first-order chi connectivity index (χ1) is 15.0. The molecule has 0 atom stereocenters. The van der Waals surface area contributed by atoms with Gasteiger partial charge in [0.1, 0.15) is 16.2 Å². The molecule has 0 bridgehead atoms. The molecule has 9 heteroatoms. The minimum absolute atomic E-state index is 0.108. The van der Waals surface area contributed by atoms with Crippen molar-refractivity contribution in [3.05, 3.63) is 85.9 Å². The Kier molecular flexibility index (Phi) is 5.59. The van der Waals surface area contributed by atoms with Crippen molar-refractivity contribution in [1.29, 1.82) is 0 Å². The molecule has 2 heterocycles. The number of carbonyl (C=O) groups is 1. The molecule has 1 amide bonds. The Morgan fingerprint density at radius 3 is 2.35 bits per heavy atom. The lowest BCUT2D eigenvalue weighted by Gasteiger charge is -2.10. The van der Waals surface area contributed by atoms with Crippen LogP contribution in [0.1, 0.15) is 15.9 Å². The van der Waals surface area contributed by atoms with E-state index >= 15 is 0 Å². The van der Waals surface area contributed by atoms with Crippen LogP contribution in [-0.2, 0) is 6.54 Å². The summed E-state index contributed by atoms with van der Waals surface area (Å²) in [6.07, 6.45) is 0. The number of hydrogen-bond acceptors (Lipinski definition) is 6. The maximum absolute atomic E-state index is 12.6. The average Bonchev–Trinajstić information content (AvgIpc) is 3.25. The Bertz CT molecular complexity index is 1350.